The van der Waals surface area contributed by atoms with Crippen LogP contribution in [0, 0.1) is 6.92 Å². The van der Waals surface area contributed by atoms with E-state index < -0.39 is 27.3 Å². The number of pyridine rings is 1. The summed E-state index contributed by atoms with van der Waals surface area (Å²) < 4.78 is 27.3. The number of fused-ring (bicyclic) bond motifs is 1. The second-order valence-electron chi connectivity index (χ2n) is 7.19. The highest BCUT2D eigenvalue weighted by molar-refractivity contribution is 7.92. The highest BCUT2D eigenvalue weighted by atomic mass is 32.2. The van der Waals surface area contributed by atoms with Crippen LogP contribution in [0.2, 0.25) is 0 Å². The Bertz CT molecular complexity index is 1600. The molecule has 13 heteroatoms. The molecule has 11 nitrogen and oxygen atoms in total. The van der Waals surface area contributed by atoms with E-state index >= 15 is 0 Å². The van der Waals surface area contributed by atoms with Gasteiger partial charge in [-0.05, 0) is 56.3 Å². The van der Waals surface area contributed by atoms with Gasteiger partial charge in [-0.15, -0.1) is 11.3 Å². The minimum atomic E-state index is -4.01. The predicted molar refractivity (Wildman–Crippen MR) is 131 cm³/mol. The largest absolute Gasteiger partial charge is 0.385 e. The van der Waals surface area contributed by atoms with Crippen molar-refractivity contribution in [3.05, 3.63) is 74.4 Å². The number of aryl methyl sites for hydroxylation is 1. The monoisotopic (exact) mass is 500 g/mol. The highest BCUT2D eigenvalue weighted by Crippen LogP contribution is 2.20. The van der Waals surface area contributed by atoms with E-state index in [2.05, 4.69) is 20.6 Å². The van der Waals surface area contributed by atoms with Crippen molar-refractivity contribution in [3.8, 4) is 5.82 Å². The molecule has 176 valence electrons. The number of thiophene rings is 1. The van der Waals surface area contributed by atoms with E-state index in [1.165, 1.54) is 24.4 Å². The van der Waals surface area contributed by atoms with Crippen molar-refractivity contribution >= 4 is 49.7 Å². The van der Waals surface area contributed by atoms with Crippen molar-refractivity contribution in [2.24, 2.45) is 0 Å². The van der Waals surface area contributed by atoms with Crippen molar-refractivity contribution in [1.82, 2.24) is 19.3 Å². The molecule has 0 aliphatic carbocycles. The summed E-state index contributed by atoms with van der Waals surface area (Å²) in [5.74, 6) is 0.0385. The number of sulfonamides is 1. The number of carbonyl (C=O) groups is 1. The first-order valence-corrected chi connectivity index (χ1v) is 12.4. The average molecular weight is 501 g/mol. The van der Waals surface area contributed by atoms with Gasteiger partial charge in [0.15, 0.2) is 0 Å². The Kier molecular flexibility index (Phi) is 6.22. The molecule has 0 radical (unpaired) electrons. The molecule has 0 unspecified atom stereocenters. The van der Waals surface area contributed by atoms with Crippen LogP contribution in [0.3, 0.4) is 0 Å². The minimum Gasteiger partial charge on any atom is -0.385 e. The summed E-state index contributed by atoms with van der Waals surface area (Å²) >= 11 is 1.04. The SMILES string of the molecule is CCNc1ccc2c(=O)n(-c3ccc(NC(=O)NS(=O)(=O)c4ccc(C)s4)cn3)c(=O)[nH]c2c1. The fraction of sp³-hybridized carbons (Fsp3) is 0.143. The molecule has 0 aliphatic heterocycles. The number of H-pyrrole nitrogens is 1. The zero-order valence-electron chi connectivity index (χ0n) is 18.1. The van der Waals surface area contributed by atoms with Gasteiger partial charge in [-0.2, -0.15) is 0 Å². The summed E-state index contributed by atoms with van der Waals surface area (Å²) in [6, 6.07) is 9.85. The molecule has 0 aliphatic rings. The summed E-state index contributed by atoms with van der Waals surface area (Å²) in [5.41, 5.74) is 0.103. The standard InChI is InChI=1S/C21H20N6O5S2/c1-3-22-13-5-7-15-16(10-13)25-21(30)27(19(15)28)17-8-6-14(11-23-17)24-20(29)26-34(31,32)18-9-4-12(2)33-18/h4-11,22H,3H2,1-2H3,(H,25,30)(H2,24,26,29). The Morgan fingerprint density at radius 3 is 2.53 bits per heavy atom. The minimum absolute atomic E-state index is 0.0149. The van der Waals surface area contributed by atoms with Gasteiger partial charge in [0.25, 0.3) is 15.6 Å². The first-order valence-electron chi connectivity index (χ1n) is 10.1. The Labute approximate surface area is 197 Å². The zero-order chi connectivity index (χ0) is 24.5. The number of nitrogens with one attached hydrogen (secondary N) is 4. The molecule has 4 N–H and O–H groups in total. The first kappa shape index (κ1) is 23.2. The second kappa shape index (κ2) is 9.11. The highest BCUT2D eigenvalue weighted by Gasteiger charge is 2.19. The van der Waals surface area contributed by atoms with Crippen LogP contribution in [0.5, 0.6) is 0 Å². The lowest BCUT2D eigenvalue weighted by molar-refractivity contribution is 0.256. The predicted octanol–water partition coefficient (Wildman–Crippen LogP) is 2.39. The van der Waals surface area contributed by atoms with E-state index in [4.69, 9.17) is 0 Å². The number of nitrogens with zero attached hydrogens (tertiary/aromatic N) is 2. The van der Waals surface area contributed by atoms with E-state index in [-0.39, 0.29) is 15.7 Å². The van der Waals surface area contributed by atoms with Crippen LogP contribution in [-0.2, 0) is 10.0 Å². The lowest BCUT2D eigenvalue weighted by Gasteiger charge is -2.09. The maximum atomic E-state index is 12.9. The Morgan fingerprint density at radius 2 is 1.88 bits per heavy atom. The summed E-state index contributed by atoms with van der Waals surface area (Å²) in [6.45, 7) is 4.38. The van der Waals surface area contributed by atoms with Gasteiger partial charge in [0.2, 0.25) is 0 Å². The van der Waals surface area contributed by atoms with Crippen LogP contribution in [0.15, 0.2) is 62.5 Å². The molecule has 0 saturated carbocycles. The average Bonchev–Trinajstić information content (AvgIpc) is 3.22. The fourth-order valence-electron chi connectivity index (χ4n) is 3.22. The van der Waals surface area contributed by atoms with Gasteiger partial charge in [0, 0.05) is 17.1 Å². The van der Waals surface area contributed by atoms with Crippen molar-refractivity contribution in [2.75, 3.05) is 17.2 Å². The van der Waals surface area contributed by atoms with Crippen molar-refractivity contribution in [2.45, 2.75) is 18.1 Å². The Balaban J connectivity index is 1.55. The van der Waals surface area contributed by atoms with E-state index in [0.29, 0.717) is 17.4 Å². The fourth-order valence-corrected chi connectivity index (χ4v) is 5.41. The molecule has 2 amide bonds. The maximum Gasteiger partial charge on any atom is 0.334 e. The van der Waals surface area contributed by atoms with Crippen LogP contribution in [0.25, 0.3) is 16.7 Å². The molecule has 3 heterocycles. The van der Waals surface area contributed by atoms with Gasteiger partial charge in [0.05, 0.1) is 22.8 Å². The van der Waals surface area contributed by atoms with Gasteiger partial charge < -0.3 is 15.6 Å². The van der Waals surface area contributed by atoms with Gasteiger partial charge >= 0.3 is 11.7 Å². The number of carbonyl (C=O) groups excluding carboxylic acids is 1. The van der Waals surface area contributed by atoms with Crippen molar-refractivity contribution in [3.63, 3.8) is 0 Å². The van der Waals surface area contributed by atoms with Crippen molar-refractivity contribution < 1.29 is 13.2 Å². The van der Waals surface area contributed by atoms with Crippen LogP contribution in [0.4, 0.5) is 16.2 Å². The van der Waals surface area contributed by atoms with Gasteiger partial charge in [-0.3, -0.25) is 4.79 Å². The Morgan fingerprint density at radius 1 is 1.12 bits per heavy atom. The van der Waals surface area contributed by atoms with Crippen molar-refractivity contribution in [1.29, 1.82) is 0 Å². The van der Waals surface area contributed by atoms with Crippen LogP contribution >= 0.6 is 11.3 Å². The molecule has 34 heavy (non-hydrogen) atoms. The maximum absolute atomic E-state index is 12.9. The molecular formula is C21H20N6O5S2. The van der Waals surface area contributed by atoms with Crippen LogP contribution in [-0.4, -0.2) is 35.5 Å². The number of benzene rings is 1. The molecule has 0 atom stereocenters. The molecule has 3 aromatic heterocycles. The normalized spacial score (nSPS) is 11.4. The second-order valence-corrected chi connectivity index (χ2v) is 10.4. The van der Waals surface area contributed by atoms with E-state index in [1.54, 1.807) is 31.2 Å². The third-order valence-corrected chi connectivity index (χ3v) is 7.54. The number of hydrogen-bond acceptors (Lipinski definition) is 8. The van der Waals surface area contributed by atoms with E-state index in [0.717, 1.165) is 26.5 Å². The summed E-state index contributed by atoms with van der Waals surface area (Å²) in [7, 11) is -4.01. The number of aromatic amines is 1. The van der Waals surface area contributed by atoms with Crippen LogP contribution < -0.4 is 26.6 Å². The lowest BCUT2D eigenvalue weighted by atomic mass is 10.2. The number of amides is 2. The number of anilines is 2. The summed E-state index contributed by atoms with van der Waals surface area (Å²) in [6.07, 6.45) is 1.21. The first-order chi connectivity index (χ1) is 16.2. The van der Waals surface area contributed by atoms with Gasteiger partial charge in [0.1, 0.15) is 10.0 Å². The smallest absolute Gasteiger partial charge is 0.334 e. The number of urea groups is 1. The third-order valence-electron chi connectivity index (χ3n) is 4.72. The summed E-state index contributed by atoms with van der Waals surface area (Å²) in [4.78, 5) is 45.2. The van der Waals surface area contributed by atoms with Crippen LogP contribution in [0.1, 0.15) is 11.8 Å². The molecule has 4 rings (SSSR count). The molecule has 0 saturated heterocycles. The molecular weight excluding hydrogens is 480 g/mol. The molecule has 4 aromatic rings. The number of aromatic nitrogens is 3. The van der Waals surface area contributed by atoms with E-state index in [1.807, 2.05) is 11.6 Å². The quantitative estimate of drug-likeness (QED) is 0.317. The van der Waals surface area contributed by atoms with Gasteiger partial charge in [-0.25, -0.2) is 32.3 Å². The third kappa shape index (κ3) is 4.70. The molecule has 1 aromatic carbocycles. The zero-order valence-corrected chi connectivity index (χ0v) is 19.7. The Hall–Kier alpha value is -3.97. The topological polar surface area (TPSA) is 155 Å². The molecule has 0 spiro atoms. The van der Waals surface area contributed by atoms with Gasteiger partial charge in [-0.1, -0.05) is 0 Å². The van der Waals surface area contributed by atoms with E-state index in [9.17, 15) is 22.8 Å². The molecule has 0 fully saturated rings. The number of hydrogen-bond donors (Lipinski definition) is 4. The lowest BCUT2D eigenvalue weighted by Crippen LogP contribution is -2.35. The molecule has 0 bridgehead atoms. The number of rotatable bonds is 6. The summed E-state index contributed by atoms with van der Waals surface area (Å²) in [5, 5.41) is 5.78.